The molecule has 3 rings (SSSR count). The third-order valence-corrected chi connectivity index (χ3v) is 4.89. The number of rotatable bonds is 9. The molecular weight excluding hydrogens is 471 g/mol. The normalized spacial score (nSPS) is 10.2. The lowest BCUT2D eigenvalue weighted by Gasteiger charge is -2.16. The molecule has 0 bridgehead atoms. The van der Waals surface area contributed by atoms with Gasteiger partial charge in [0, 0.05) is 11.4 Å². The van der Waals surface area contributed by atoms with Crippen LogP contribution in [-0.4, -0.2) is 48.8 Å². The Morgan fingerprint density at radius 3 is 2.53 bits per heavy atom. The summed E-state index contributed by atoms with van der Waals surface area (Å²) >= 11 is 0.943. The molecule has 0 unspecified atom stereocenters. The van der Waals surface area contributed by atoms with Crippen LogP contribution in [0.4, 0.5) is 20.0 Å². The molecule has 178 valence electrons. The Balaban J connectivity index is 1.73. The number of ether oxygens (including phenoxy) is 3. The molecule has 4 N–H and O–H groups in total. The van der Waals surface area contributed by atoms with Gasteiger partial charge in [0.1, 0.15) is 18.1 Å². The number of anilines is 2. The molecule has 13 heteroatoms. The summed E-state index contributed by atoms with van der Waals surface area (Å²) < 4.78 is 30.3. The Morgan fingerprint density at radius 1 is 1.06 bits per heavy atom. The average Bonchev–Trinajstić information content (AvgIpc) is 3.27. The van der Waals surface area contributed by atoms with E-state index in [0.29, 0.717) is 11.5 Å². The second-order valence-electron chi connectivity index (χ2n) is 6.43. The number of carbonyl (C=O) groups excluding carboxylic acids is 2. The van der Waals surface area contributed by atoms with Gasteiger partial charge in [0.05, 0.1) is 19.9 Å². The van der Waals surface area contributed by atoms with Crippen molar-refractivity contribution in [2.45, 2.75) is 0 Å². The highest BCUT2D eigenvalue weighted by Gasteiger charge is 2.17. The first-order valence-electron chi connectivity index (χ1n) is 9.52. The number of hydrogen-bond acceptors (Lipinski definition) is 8. The van der Waals surface area contributed by atoms with Crippen LogP contribution in [-0.2, 0) is 4.79 Å². The predicted molar refractivity (Wildman–Crippen MR) is 121 cm³/mol. The predicted octanol–water partition coefficient (Wildman–Crippen LogP) is 3.55. The minimum absolute atomic E-state index is 0.0124. The van der Waals surface area contributed by atoms with E-state index >= 15 is 0 Å². The van der Waals surface area contributed by atoms with Gasteiger partial charge in [0.2, 0.25) is 5.75 Å². The molecule has 1 heterocycles. The first kappa shape index (κ1) is 24.3. The Morgan fingerprint density at radius 2 is 1.82 bits per heavy atom. The smallest absolute Gasteiger partial charge is 0.325 e. The Kier molecular flexibility index (Phi) is 7.82. The van der Waals surface area contributed by atoms with Crippen LogP contribution in [0.1, 0.15) is 10.5 Å². The van der Waals surface area contributed by atoms with Crippen molar-refractivity contribution in [2.75, 3.05) is 31.4 Å². The zero-order valence-corrected chi connectivity index (χ0v) is 18.7. The van der Waals surface area contributed by atoms with Crippen molar-refractivity contribution < 1.29 is 38.1 Å². The van der Waals surface area contributed by atoms with E-state index in [2.05, 4.69) is 20.9 Å². The molecule has 0 radical (unpaired) electrons. The van der Waals surface area contributed by atoms with Crippen molar-refractivity contribution in [3.63, 3.8) is 0 Å². The first-order chi connectivity index (χ1) is 16.3. The lowest BCUT2D eigenvalue weighted by Crippen LogP contribution is -2.29. The van der Waals surface area contributed by atoms with Gasteiger partial charge in [0.25, 0.3) is 5.91 Å². The number of benzene rings is 2. The minimum atomic E-state index is -1.21. The van der Waals surface area contributed by atoms with E-state index in [-0.39, 0.29) is 28.0 Å². The molecular formula is C21H19FN4O7S. The van der Waals surface area contributed by atoms with Gasteiger partial charge in [-0.25, -0.2) is 14.2 Å². The Labute approximate surface area is 196 Å². The molecule has 0 aliphatic carbocycles. The number of carboxylic acids is 1. The largest absolute Gasteiger partial charge is 0.493 e. The molecule has 11 nitrogen and oxygen atoms in total. The van der Waals surface area contributed by atoms with E-state index in [1.165, 1.54) is 25.7 Å². The van der Waals surface area contributed by atoms with Gasteiger partial charge in [-0.05, 0) is 24.3 Å². The van der Waals surface area contributed by atoms with Crippen LogP contribution in [0.25, 0.3) is 0 Å². The number of urea groups is 1. The maximum Gasteiger partial charge on any atom is 0.325 e. The highest BCUT2D eigenvalue weighted by molar-refractivity contribution is 7.14. The highest BCUT2D eigenvalue weighted by Crippen LogP contribution is 2.41. The number of carboxylic acid groups (broad SMARTS) is 1. The van der Waals surface area contributed by atoms with Crippen molar-refractivity contribution >= 4 is 40.1 Å². The Hall–Kier alpha value is -4.39. The van der Waals surface area contributed by atoms with Crippen LogP contribution < -0.4 is 30.2 Å². The molecule has 0 fully saturated rings. The van der Waals surface area contributed by atoms with Gasteiger partial charge >= 0.3 is 12.0 Å². The van der Waals surface area contributed by atoms with Gasteiger partial charge in [-0.15, -0.1) is 11.3 Å². The zero-order valence-electron chi connectivity index (χ0n) is 17.9. The summed E-state index contributed by atoms with van der Waals surface area (Å²) in [5.41, 5.74) is -0.0557. The molecule has 0 atom stereocenters. The number of nitrogens with one attached hydrogen (secondary N) is 3. The molecule has 2 aromatic carbocycles. The summed E-state index contributed by atoms with van der Waals surface area (Å²) in [7, 11) is 2.91. The number of amides is 3. The van der Waals surface area contributed by atoms with Crippen LogP contribution >= 0.6 is 11.3 Å². The Bertz CT molecular complexity index is 1220. The van der Waals surface area contributed by atoms with Crippen molar-refractivity contribution in [3.8, 4) is 23.0 Å². The van der Waals surface area contributed by atoms with Crippen LogP contribution in [0.3, 0.4) is 0 Å². The minimum Gasteiger partial charge on any atom is -0.493 e. The fourth-order valence-electron chi connectivity index (χ4n) is 2.68. The van der Waals surface area contributed by atoms with Crippen molar-refractivity contribution in [2.24, 2.45) is 0 Å². The number of thiazole rings is 1. The van der Waals surface area contributed by atoms with Gasteiger partial charge in [-0.2, -0.15) is 0 Å². The fraction of sp³-hybridized carbons (Fsp3) is 0.143. The maximum absolute atomic E-state index is 13.9. The zero-order chi connectivity index (χ0) is 24.7. The second kappa shape index (κ2) is 11.0. The van der Waals surface area contributed by atoms with Crippen molar-refractivity contribution in [3.05, 3.63) is 53.3 Å². The third-order valence-electron chi connectivity index (χ3n) is 4.13. The molecule has 3 aromatic rings. The molecule has 34 heavy (non-hydrogen) atoms. The van der Waals surface area contributed by atoms with E-state index in [1.807, 2.05) is 0 Å². The molecule has 0 saturated heterocycles. The number of nitrogens with zero attached hydrogens (tertiary/aromatic N) is 1. The number of aromatic nitrogens is 1. The molecule has 3 amide bonds. The molecule has 0 aliphatic heterocycles. The SMILES string of the molecule is COc1cccc(Oc2ccc(F)cc2NC(=O)Nc2nc(C(=O)NCC(=O)O)cs2)c1OC. The van der Waals surface area contributed by atoms with Crippen LogP contribution in [0.5, 0.6) is 23.0 Å². The maximum atomic E-state index is 13.9. The van der Waals surface area contributed by atoms with Gasteiger partial charge in [-0.3, -0.25) is 14.9 Å². The molecule has 1 aromatic heterocycles. The van der Waals surface area contributed by atoms with Gasteiger partial charge in [0.15, 0.2) is 22.4 Å². The molecule has 0 aliphatic rings. The van der Waals surface area contributed by atoms with Crippen LogP contribution in [0.2, 0.25) is 0 Å². The summed E-state index contributed by atoms with van der Waals surface area (Å²) in [6.07, 6.45) is 0. The van der Waals surface area contributed by atoms with E-state index in [1.54, 1.807) is 18.2 Å². The van der Waals surface area contributed by atoms with E-state index in [9.17, 15) is 18.8 Å². The number of carbonyl (C=O) groups is 3. The summed E-state index contributed by atoms with van der Waals surface area (Å²) in [5, 5.41) is 17.1. The van der Waals surface area contributed by atoms with Crippen LogP contribution in [0, 0.1) is 5.82 Å². The fourth-order valence-corrected chi connectivity index (χ4v) is 3.36. The number of para-hydroxylation sites is 1. The van der Waals surface area contributed by atoms with E-state index < -0.39 is 30.3 Å². The number of aliphatic carboxylic acids is 1. The number of methoxy groups -OCH3 is 2. The first-order valence-corrected chi connectivity index (χ1v) is 10.4. The number of halogens is 1. The standard InChI is InChI=1S/C21H19FN4O7S/c1-31-15-4-3-5-16(18(15)32-2)33-14-7-6-11(22)8-12(14)24-20(30)26-21-25-13(10-34-21)19(29)23-9-17(27)28/h3-8,10H,9H2,1-2H3,(H,23,29)(H,27,28)(H2,24,25,26,30). The van der Waals surface area contributed by atoms with Crippen molar-refractivity contribution in [1.82, 2.24) is 10.3 Å². The summed E-state index contributed by atoms with van der Waals surface area (Å²) in [4.78, 5) is 38.8. The lowest BCUT2D eigenvalue weighted by atomic mass is 10.2. The topological polar surface area (TPSA) is 148 Å². The molecule has 0 spiro atoms. The highest BCUT2D eigenvalue weighted by atomic mass is 32.1. The van der Waals surface area contributed by atoms with Gasteiger partial charge in [-0.1, -0.05) is 6.07 Å². The van der Waals surface area contributed by atoms with Crippen LogP contribution in [0.15, 0.2) is 41.8 Å². The quantitative estimate of drug-likeness (QED) is 0.356. The van der Waals surface area contributed by atoms with E-state index in [4.69, 9.17) is 19.3 Å². The molecule has 0 saturated carbocycles. The van der Waals surface area contributed by atoms with Gasteiger partial charge < -0.3 is 30.0 Å². The van der Waals surface area contributed by atoms with Crippen molar-refractivity contribution in [1.29, 1.82) is 0 Å². The summed E-state index contributed by atoms with van der Waals surface area (Å²) in [6.45, 7) is -0.569. The summed E-state index contributed by atoms with van der Waals surface area (Å²) in [5.74, 6) is -1.42. The summed E-state index contributed by atoms with van der Waals surface area (Å²) in [6, 6.07) is 7.74. The third kappa shape index (κ3) is 6.10. The second-order valence-corrected chi connectivity index (χ2v) is 7.29. The average molecular weight is 490 g/mol. The lowest BCUT2D eigenvalue weighted by molar-refractivity contribution is -0.135. The monoisotopic (exact) mass is 490 g/mol. The van der Waals surface area contributed by atoms with E-state index in [0.717, 1.165) is 23.5 Å². The number of hydrogen-bond donors (Lipinski definition) is 4.